The molecule has 0 saturated heterocycles. The zero-order valence-corrected chi connectivity index (χ0v) is 11.8. The summed E-state index contributed by atoms with van der Waals surface area (Å²) in [5.74, 6) is -1.12. The highest BCUT2D eigenvalue weighted by molar-refractivity contribution is 9.10. The van der Waals surface area contributed by atoms with Crippen molar-refractivity contribution in [2.24, 2.45) is 0 Å². The van der Waals surface area contributed by atoms with Crippen LogP contribution in [0.4, 0.5) is 17.6 Å². The summed E-state index contributed by atoms with van der Waals surface area (Å²) in [5, 5.41) is 0. The second-order valence-corrected chi connectivity index (χ2v) is 5.22. The summed E-state index contributed by atoms with van der Waals surface area (Å²) < 4.78 is 52.1. The molecule has 0 saturated carbocycles. The molecule has 3 rings (SSSR count). The van der Waals surface area contributed by atoms with Gasteiger partial charge in [0.2, 0.25) is 0 Å². The van der Waals surface area contributed by atoms with Gasteiger partial charge in [-0.05, 0) is 40.2 Å². The Labute approximate surface area is 124 Å². The van der Waals surface area contributed by atoms with Crippen molar-refractivity contribution in [1.82, 2.24) is 15.0 Å². The van der Waals surface area contributed by atoms with Crippen molar-refractivity contribution in [3.63, 3.8) is 0 Å². The van der Waals surface area contributed by atoms with E-state index in [1.807, 2.05) is 0 Å². The molecule has 3 nitrogen and oxygen atoms in total. The largest absolute Gasteiger partial charge is 0.419 e. The lowest BCUT2D eigenvalue weighted by Gasteiger charge is -2.08. The number of benzene rings is 1. The Morgan fingerprint density at radius 3 is 2.62 bits per heavy atom. The quantitative estimate of drug-likeness (QED) is 0.647. The maximum absolute atomic E-state index is 13.3. The van der Waals surface area contributed by atoms with Gasteiger partial charge in [0.25, 0.3) is 0 Å². The molecular formula is C13H6BrF4N3. The average Bonchev–Trinajstić information content (AvgIpc) is 2.80. The van der Waals surface area contributed by atoms with Crippen molar-refractivity contribution in [2.75, 3.05) is 0 Å². The Morgan fingerprint density at radius 2 is 1.90 bits per heavy atom. The maximum atomic E-state index is 13.3. The van der Waals surface area contributed by atoms with E-state index < -0.39 is 17.6 Å². The molecule has 0 radical (unpaired) electrons. The van der Waals surface area contributed by atoms with Crippen LogP contribution < -0.4 is 0 Å². The van der Waals surface area contributed by atoms with E-state index in [2.05, 4.69) is 30.9 Å². The Kier molecular flexibility index (Phi) is 3.20. The smallest absolute Gasteiger partial charge is 0.337 e. The third-order valence-electron chi connectivity index (χ3n) is 2.85. The fourth-order valence-electron chi connectivity index (χ4n) is 1.90. The number of hydrogen-bond donors (Lipinski definition) is 1. The molecule has 0 atom stereocenters. The first kappa shape index (κ1) is 14.0. The molecule has 0 amide bonds. The van der Waals surface area contributed by atoms with Crippen molar-refractivity contribution in [1.29, 1.82) is 0 Å². The van der Waals surface area contributed by atoms with Crippen molar-refractivity contribution in [3.05, 3.63) is 46.3 Å². The predicted molar refractivity (Wildman–Crippen MR) is 72.0 cm³/mol. The third-order valence-corrected chi connectivity index (χ3v) is 3.28. The number of aromatic amines is 1. The molecule has 0 aliphatic carbocycles. The van der Waals surface area contributed by atoms with Crippen LogP contribution in [0.15, 0.2) is 34.9 Å². The molecule has 8 heteroatoms. The molecule has 3 aromatic rings. The van der Waals surface area contributed by atoms with Gasteiger partial charge < -0.3 is 4.98 Å². The molecular weight excluding hydrogens is 354 g/mol. The molecule has 2 aromatic heterocycles. The van der Waals surface area contributed by atoms with Crippen molar-refractivity contribution in [3.8, 4) is 11.4 Å². The number of alkyl halides is 3. The van der Waals surface area contributed by atoms with Crippen LogP contribution in [0.3, 0.4) is 0 Å². The minimum atomic E-state index is -4.76. The molecule has 1 aromatic carbocycles. The van der Waals surface area contributed by atoms with E-state index in [4.69, 9.17) is 0 Å². The molecule has 0 aliphatic rings. The van der Waals surface area contributed by atoms with E-state index in [-0.39, 0.29) is 11.4 Å². The van der Waals surface area contributed by atoms with Crippen molar-refractivity contribution < 1.29 is 17.6 Å². The van der Waals surface area contributed by atoms with Gasteiger partial charge in [-0.25, -0.2) is 14.4 Å². The number of nitrogens with zero attached hydrogens (tertiary/aromatic N) is 2. The van der Waals surface area contributed by atoms with Crippen molar-refractivity contribution >= 4 is 27.1 Å². The summed E-state index contributed by atoms with van der Waals surface area (Å²) in [6, 6.07) is 4.43. The molecule has 0 aliphatic heterocycles. The number of aromatic nitrogens is 3. The van der Waals surface area contributed by atoms with Gasteiger partial charge in [0.05, 0.1) is 11.1 Å². The topological polar surface area (TPSA) is 41.6 Å². The zero-order chi connectivity index (χ0) is 15.2. The normalized spacial score (nSPS) is 12.0. The fourth-order valence-corrected chi connectivity index (χ4v) is 2.23. The van der Waals surface area contributed by atoms with Crippen LogP contribution >= 0.6 is 15.9 Å². The molecule has 108 valence electrons. The second-order valence-electron chi connectivity index (χ2n) is 4.30. The van der Waals surface area contributed by atoms with E-state index in [1.54, 1.807) is 6.07 Å². The first-order valence-corrected chi connectivity index (χ1v) is 6.52. The molecule has 0 unspecified atom stereocenters. The minimum Gasteiger partial charge on any atom is -0.337 e. The summed E-state index contributed by atoms with van der Waals surface area (Å²) in [4.78, 5) is 11.0. The molecule has 1 N–H and O–H groups in total. The summed E-state index contributed by atoms with van der Waals surface area (Å²) in [6.07, 6.45) is -3.23. The lowest BCUT2D eigenvalue weighted by atomic mass is 10.1. The highest BCUT2D eigenvalue weighted by Crippen LogP contribution is 2.34. The lowest BCUT2D eigenvalue weighted by Crippen LogP contribution is -2.08. The molecule has 2 heterocycles. The van der Waals surface area contributed by atoms with Gasteiger partial charge in [-0.1, -0.05) is 0 Å². The second kappa shape index (κ2) is 4.80. The Balaban J connectivity index is 2.14. The van der Waals surface area contributed by atoms with Gasteiger partial charge in [-0.15, -0.1) is 0 Å². The summed E-state index contributed by atoms with van der Waals surface area (Å²) in [5.41, 5.74) is -0.254. The summed E-state index contributed by atoms with van der Waals surface area (Å²) in [7, 11) is 0. The monoisotopic (exact) mass is 359 g/mol. The van der Waals surface area contributed by atoms with Crippen LogP contribution in [0.2, 0.25) is 0 Å². The Bertz CT molecular complexity index is 826. The fraction of sp³-hybridized carbons (Fsp3) is 0.0769. The number of nitrogens with one attached hydrogen (secondary N) is 1. The highest BCUT2D eigenvalue weighted by Gasteiger charge is 2.34. The van der Waals surface area contributed by atoms with Crippen molar-refractivity contribution in [2.45, 2.75) is 6.18 Å². The zero-order valence-electron chi connectivity index (χ0n) is 10.2. The first-order valence-electron chi connectivity index (χ1n) is 5.73. The van der Waals surface area contributed by atoms with Crippen LogP contribution in [0.5, 0.6) is 0 Å². The summed E-state index contributed by atoms with van der Waals surface area (Å²) in [6.45, 7) is 0. The van der Waals surface area contributed by atoms with Gasteiger partial charge in [0, 0.05) is 16.2 Å². The van der Waals surface area contributed by atoms with Crippen LogP contribution in [0.25, 0.3) is 22.6 Å². The summed E-state index contributed by atoms with van der Waals surface area (Å²) >= 11 is 3.24. The molecule has 0 bridgehead atoms. The van der Waals surface area contributed by atoms with Gasteiger partial charge in [-0.3, -0.25) is 0 Å². The highest BCUT2D eigenvalue weighted by atomic mass is 79.9. The van der Waals surface area contributed by atoms with E-state index in [0.29, 0.717) is 15.6 Å². The van der Waals surface area contributed by atoms with E-state index in [0.717, 1.165) is 12.1 Å². The number of halogens is 5. The number of imidazole rings is 1. The number of hydrogen-bond acceptors (Lipinski definition) is 2. The number of pyridine rings is 1. The maximum Gasteiger partial charge on any atom is 0.419 e. The van der Waals surface area contributed by atoms with Gasteiger partial charge in [-0.2, -0.15) is 13.2 Å². The molecule has 21 heavy (non-hydrogen) atoms. The van der Waals surface area contributed by atoms with Crippen LogP contribution in [0.1, 0.15) is 5.56 Å². The third kappa shape index (κ3) is 2.63. The van der Waals surface area contributed by atoms with Crippen LogP contribution in [-0.4, -0.2) is 15.0 Å². The van der Waals surface area contributed by atoms with Gasteiger partial charge >= 0.3 is 6.18 Å². The molecule has 0 fully saturated rings. The van der Waals surface area contributed by atoms with Gasteiger partial charge in [0.1, 0.15) is 11.6 Å². The van der Waals surface area contributed by atoms with E-state index in [9.17, 15) is 17.6 Å². The van der Waals surface area contributed by atoms with Crippen LogP contribution in [-0.2, 0) is 6.18 Å². The average molecular weight is 360 g/mol. The SMILES string of the molecule is Fc1ccc(-c2nc3ncc(Br)cc3[nH]2)cc1C(F)(F)F. The molecule has 0 spiro atoms. The Hall–Kier alpha value is -1.96. The Morgan fingerprint density at radius 1 is 1.14 bits per heavy atom. The standard InChI is InChI=1S/C13H6BrF4N3/c14-7-4-10-12(19-5-7)21-11(20-10)6-1-2-9(15)8(3-6)13(16,17)18/h1-5H,(H,19,20,21). The van der Waals surface area contributed by atoms with Gasteiger partial charge in [0.15, 0.2) is 5.65 Å². The van der Waals surface area contributed by atoms with Crippen LogP contribution in [0, 0.1) is 5.82 Å². The minimum absolute atomic E-state index is 0.137. The number of rotatable bonds is 1. The predicted octanol–water partition coefficient (Wildman–Crippen LogP) is 4.55. The number of H-pyrrole nitrogens is 1. The lowest BCUT2D eigenvalue weighted by molar-refractivity contribution is -0.139. The van der Waals surface area contributed by atoms with E-state index in [1.165, 1.54) is 12.3 Å². The first-order chi connectivity index (χ1) is 9.84. The van der Waals surface area contributed by atoms with E-state index >= 15 is 0 Å². The number of fused-ring (bicyclic) bond motifs is 1.